The van der Waals surface area contributed by atoms with Gasteiger partial charge in [0.25, 0.3) is 0 Å². The Hall–Kier alpha value is -1.88. The van der Waals surface area contributed by atoms with Crippen LogP contribution >= 0.6 is 0 Å². The lowest BCUT2D eigenvalue weighted by Gasteiger charge is -2.44. The van der Waals surface area contributed by atoms with E-state index in [2.05, 4.69) is 13.8 Å². The highest BCUT2D eigenvalue weighted by molar-refractivity contribution is 5.82. The van der Waals surface area contributed by atoms with Crippen LogP contribution in [-0.4, -0.2) is 53.8 Å². The molecular weight excluding hydrogens is 326 g/mol. The smallest absolute Gasteiger partial charge is 0.227 e. The second-order valence-electron chi connectivity index (χ2n) is 8.48. The number of hydrogen-bond donors (Lipinski definition) is 1. The van der Waals surface area contributed by atoms with Gasteiger partial charge in [-0.2, -0.15) is 0 Å². The molecule has 142 valence electrons. The van der Waals surface area contributed by atoms with Crippen LogP contribution in [0.4, 0.5) is 0 Å². The Morgan fingerprint density at radius 1 is 1.12 bits per heavy atom. The number of hydrogen-bond acceptors (Lipinski definition) is 3. The van der Waals surface area contributed by atoms with E-state index < -0.39 is 0 Å². The lowest BCUT2D eigenvalue weighted by Crippen LogP contribution is -2.56. The molecule has 0 aliphatic carbocycles. The molecule has 2 aliphatic heterocycles. The first-order valence-electron chi connectivity index (χ1n) is 9.73. The molecular formula is C21H31N3O2. The number of carbonyl (C=O) groups is 2. The largest absolute Gasteiger partial charge is 0.342 e. The van der Waals surface area contributed by atoms with Crippen molar-refractivity contribution in [3.05, 3.63) is 35.9 Å². The predicted molar refractivity (Wildman–Crippen MR) is 102 cm³/mol. The number of rotatable bonds is 3. The molecule has 2 unspecified atom stereocenters. The standard InChI is InChI=1S/C21H31N3O2/c1-21(2)15-24(12-10-18(21)22)20(26)17-9-6-11-23(14-17)19(25)13-16-7-4-3-5-8-16/h3-5,7-8,17-18H,6,9-15,22H2,1-2H3. The zero-order valence-corrected chi connectivity index (χ0v) is 16.0. The molecule has 1 aromatic carbocycles. The van der Waals surface area contributed by atoms with Gasteiger partial charge in [0.15, 0.2) is 0 Å². The van der Waals surface area contributed by atoms with Crippen LogP contribution in [0.2, 0.25) is 0 Å². The van der Waals surface area contributed by atoms with Gasteiger partial charge in [-0.3, -0.25) is 9.59 Å². The fourth-order valence-electron chi connectivity index (χ4n) is 4.11. The summed E-state index contributed by atoms with van der Waals surface area (Å²) in [6.45, 7) is 7.01. The molecule has 0 aromatic heterocycles. The minimum absolute atomic E-state index is 0.0502. The van der Waals surface area contributed by atoms with E-state index in [4.69, 9.17) is 5.73 Å². The summed E-state index contributed by atoms with van der Waals surface area (Å²) in [6.07, 6.45) is 3.03. The lowest BCUT2D eigenvalue weighted by molar-refractivity contribution is -0.143. The Morgan fingerprint density at radius 2 is 1.85 bits per heavy atom. The lowest BCUT2D eigenvalue weighted by atomic mass is 9.79. The second kappa shape index (κ2) is 7.78. The second-order valence-corrected chi connectivity index (χ2v) is 8.48. The minimum atomic E-state index is -0.0754. The van der Waals surface area contributed by atoms with Gasteiger partial charge in [-0.25, -0.2) is 0 Å². The highest BCUT2D eigenvalue weighted by Gasteiger charge is 2.38. The van der Waals surface area contributed by atoms with Gasteiger partial charge >= 0.3 is 0 Å². The zero-order valence-electron chi connectivity index (χ0n) is 16.0. The van der Waals surface area contributed by atoms with Gasteiger partial charge in [0, 0.05) is 32.2 Å². The van der Waals surface area contributed by atoms with Gasteiger partial charge in [0.1, 0.15) is 0 Å². The molecule has 0 bridgehead atoms. The fraction of sp³-hybridized carbons (Fsp3) is 0.619. The van der Waals surface area contributed by atoms with Crippen molar-refractivity contribution in [1.82, 2.24) is 9.80 Å². The first kappa shape index (κ1) is 18.9. The summed E-state index contributed by atoms with van der Waals surface area (Å²) in [7, 11) is 0. The van der Waals surface area contributed by atoms with Crippen molar-refractivity contribution in [2.45, 2.75) is 45.6 Å². The van der Waals surface area contributed by atoms with Crippen LogP contribution in [0.15, 0.2) is 30.3 Å². The molecule has 2 fully saturated rings. The number of carbonyl (C=O) groups excluding carboxylic acids is 2. The Kier molecular flexibility index (Phi) is 5.66. The van der Waals surface area contributed by atoms with Crippen LogP contribution in [0, 0.1) is 11.3 Å². The third-order valence-electron chi connectivity index (χ3n) is 5.95. The van der Waals surface area contributed by atoms with Gasteiger partial charge in [-0.15, -0.1) is 0 Å². The molecule has 3 rings (SSSR count). The van der Waals surface area contributed by atoms with Gasteiger partial charge < -0.3 is 15.5 Å². The summed E-state index contributed by atoms with van der Waals surface area (Å²) in [5.74, 6) is 0.241. The fourth-order valence-corrected chi connectivity index (χ4v) is 4.11. The van der Waals surface area contributed by atoms with Gasteiger partial charge in [0.2, 0.25) is 11.8 Å². The number of likely N-dealkylation sites (tertiary alicyclic amines) is 2. The maximum atomic E-state index is 13.0. The molecule has 2 amide bonds. The molecule has 2 aliphatic rings. The third-order valence-corrected chi connectivity index (χ3v) is 5.95. The van der Waals surface area contributed by atoms with Crippen LogP contribution < -0.4 is 5.73 Å². The zero-order chi connectivity index (χ0) is 18.7. The van der Waals surface area contributed by atoms with Crippen LogP contribution in [0.1, 0.15) is 38.7 Å². The quantitative estimate of drug-likeness (QED) is 0.900. The highest BCUT2D eigenvalue weighted by Crippen LogP contribution is 2.30. The monoisotopic (exact) mass is 357 g/mol. The molecule has 5 heteroatoms. The summed E-state index contributed by atoms with van der Waals surface area (Å²) in [4.78, 5) is 29.5. The van der Waals surface area contributed by atoms with E-state index in [1.54, 1.807) is 0 Å². The average molecular weight is 357 g/mol. The first-order chi connectivity index (χ1) is 12.4. The number of nitrogens with two attached hydrogens (primary N) is 1. The molecule has 5 nitrogen and oxygen atoms in total. The average Bonchev–Trinajstić information content (AvgIpc) is 2.64. The summed E-state index contributed by atoms with van der Waals surface area (Å²) in [5, 5.41) is 0. The molecule has 2 N–H and O–H groups in total. The molecule has 2 atom stereocenters. The summed E-state index contributed by atoms with van der Waals surface area (Å²) >= 11 is 0. The molecule has 2 heterocycles. The van der Waals surface area contributed by atoms with Gasteiger partial charge in [0.05, 0.1) is 12.3 Å². The van der Waals surface area contributed by atoms with E-state index in [0.29, 0.717) is 19.5 Å². The van der Waals surface area contributed by atoms with Gasteiger partial charge in [-0.1, -0.05) is 44.2 Å². The van der Waals surface area contributed by atoms with Crippen LogP contribution in [0.25, 0.3) is 0 Å². The number of amides is 2. The van der Waals surface area contributed by atoms with Crippen molar-refractivity contribution in [3.8, 4) is 0 Å². The van der Waals surface area contributed by atoms with Crippen molar-refractivity contribution in [2.75, 3.05) is 26.2 Å². The SMILES string of the molecule is CC1(C)CN(C(=O)C2CCCN(C(=O)Cc3ccccc3)C2)CCC1N. The number of benzene rings is 1. The van der Waals surface area contributed by atoms with E-state index in [1.165, 1.54) is 0 Å². The van der Waals surface area contributed by atoms with E-state index in [-0.39, 0.29) is 29.2 Å². The van der Waals surface area contributed by atoms with Crippen LogP contribution in [0.5, 0.6) is 0 Å². The van der Waals surface area contributed by atoms with E-state index in [0.717, 1.165) is 37.9 Å². The van der Waals surface area contributed by atoms with Crippen molar-refractivity contribution in [3.63, 3.8) is 0 Å². The Bertz CT molecular complexity index is 644. The molecule has 2 saturated heterocycles. The Morgan fingerprint density at radius 3 is 2.54 bits per heavy atom. The van der Waals surface area contributed by atoms with Crippen molar-refractivity contribution in [1.29, 1.82) is 0 Å². The number of piperidine rings is 2. The van der Waals surface area contributed by atoms with Crippen LogP contribution in [0.3, 0.4) is 0 Å². The Balaban J connectivity index is 1.59. The normalized spacial score (nSPS) is 25.8. The van der Waals surface area contributed by atoms with Crippen LogP contribution in [-0.2, 0) is 16.0 Å². The van der Waals surface area contributed by atoms with E-state index >= 15 is 0 Å². The molecule has 0 spiro atoms. The first-order valence-corrected chi connectivity index (χ1v) is 9.73. The van der Waals surface area contributed by atoms with Gasteiger partial charge in [-0.05, 0) is 30.2 Å². The van der Waals surface area contributed by atoms with Crippen molar-refractivity contribution in [2.24, 2.45) is 17.1 Å². The van der Waals surface area contributed by atoms with Crippen molar-refractivity contribution < 1.29 is 9.59 Å². The molecule has 0 radical (unpaired) electrons. The van der Waals surface area contributed by atoms with E-state index in [1.807, 2.05) is 40.1 Å². The number of nitrogens with zero attached hydrogens (tertiary/aromatic N) is 2. The summed E-state index contributed by atoms with van der Waals surface area (Å²) < 4.78 is 0. The van der Waals surface area contributed by atoms with E-state index in [9.17, 15) is 9.59 Å². The molecule has 26 heavy (non-hydrogen) atoms. The maximum Gasteiger partial charge on any atom is 0.227 e. The minimum Gasteiger partial charge on any atom is -0.342 e. The van der Waals surface area contributed by atoms with Crippen molar-refractivity contribution >= 4 is 11.8 Å². The highest BCUT2D eigenvalue weighted by atomic mass is 16.2. The maximum absolute atomic E-state index is 13.0. The molecule has 1 aromatic rings. The third kappa shape index (κ3) is 4.26. The summed E-state index contributed by atoms with van der Waals surface area (Å²) in [5.41, 5.74) is 7.17. The topological polar surface area (TPSA) is 66.6 Å². The Labute approximate surface area is 156 Å². The summed E-state index contributed by atoms with van der Waals surface area (Å²) in [6, 6.07) is 9.95. The molecule has 0 saturated carbocycles. The predicted octanol–water partition coefficient (Wildman–Crippen LogP) is 2.05.